The van der Waals surface area contributed by atoms with Gasteiger partial charge in [0.1, 0.15) is 11.3 Å². The third-order valence-electron chi connectivity index (χ3n) is 5.05. The van der Waals surface area contributed by atoms with E-state index < -0.39 is 17.4 Å². The summed E-state index contributed by atoms with van der Waals surface area (Å²) < 4.78 is 5.54. The van der Waals surface area contributed by atoms with E-state index >= 15 is 0 Å². The molecule has 0 aromatic heterocycles. The lowest BCUT2D eigenvalue weighted by Gasteiger charge is -2.40. The van der Waals surface area contributed by atoms with Gasteiger partial charge >= 0.3 is 6.09 Å². The van der Waals surface area contributed by atoms with Crippen LogP contribution in [0.15, 0.2) is 30.0 Å². The molecule has 2 N–H and O–H groups in total. The number of fused-ring (bicyclic) bond motifs is 1. The number of imide groups is 1. The van der Waals surface area contributed by atoms with Crippen LogP contribution in [-0.2, 0) is 26.3 Å². The number of aliphatic hydroxyl groups is 1. The molecule has 162 valence electrons. The van der Waals surface area contributed by atoms with Crippen molar-refractivity contribution in [1.82, 2.24) is 9.80 Å². The molecule has 0 radical (unpaired) electrons. The van der Waals surface area contributed by atoms with Crippen molar-refractivity contribution in [3.63, 3.8) is 0 Å². The van der Waals surface area contributed by atoms with Crippen molar-refractivity contribution in [1.29, 1.82) is 0 Å². The number of aliphatic hydroxyl groups excluding tert-OH is 1. The highest BCUT2D eigenvalue weighted by molar-refractivity contribution is 6.17. The topological polar surface area (TPSA) is 99.2 Å². The number of β-amino-alcohol motifs (C(OH)–C–C–N with tert-alkyl or cyclic N) is 1. The van der Waals surface area contributed by atoms with Crippen LogP contribution >= 0.6 is 0 Å². The summed E-state index contributed by atoms with van der Waals surface area (Å²) in [4.78, 5) is 39.6. The lowest BCUT2D eigenvalue weighted by molar-refractivity contribution is -0.137. The standard InChI is InChI=1S/C22H29N3O5/c1-21(2,3)30-20(29)24-12-14-10-15(6-7-16(14)22(4,5)13-24)23-17-11-18(27)25(8-9-26)19(17)28/h6-7,10-11,23,26H,8-9,12-13H2,1-5H3. The Labute approximate surface area is 176 Å². The SMILES string of the molecule is CC(C)(C)OC(=O)N1Cc2cc(NC3=CC(=O)N(CCO)C3=O)ccc2C(C)(C)C1. The van der Waals surface area contributed by atoms with E-state index in [1.54, 1.807) is 4.90 Å². The van der Waals surface area contributed by atoms with Gasteiger partial charge in [-0.3, -0.25) is 14.5 Å². The molecule has 0 atom stereocenters. The summed E-state index contributed by atoms with van der Waals surface area (Å²) in [5.41, 5.74) is 2.04. The van der Waals surface area contributed by atoms with Crippen molar-refractivity contribution in [2.75, 3.05) is 25.0 Å². The second-order valence-electron chi connectivity index (χ2n) is 9.29. The molecule has 2 heterocycles. The minimum absolute atomic E-state index is 0.0391. The lowest BCUT2D eigenvalue weighted by atomic mass is 9.78. The van der Waals surface area contributed by atoms with Gasteiger partial charge in [-0.15, -0.1) is 0 Å². The van der Waals surface area contributed by atoms with Gasteiger partial charge in [-0.2, -0.15) is 0 Å². The van der Waals surface area contributed by atoms with Crippen LogP contribution in [0.5, 0.6) is 0 Å². The number of hydrogen-bond donors (Lipinski definition) is 2. The van der Waals surface area contributed by atoms with Crippen molar-refractivity contribution in [2.45, 2.75) is 52.2 Å². The molecule has 0 fully saturated rings. The monoisotopic (exact) mass is 415 g/mol. The Kier molecular flexibility index (Phi) is 5.64. The first kappa shape index (κ1) is 21.8. The molecule has 0 saturated heterocycles. The maximum atomic E-state index is 12.6. The number of ether oxygens (including phenoxy) is 1. The normalized spacial score (nSPS) is 18.3. The van der Waals surface area contributed by atoms with Gasteiger partial charge in [-0.25, -0.2) is 4.79 Å². The van der Waals surface area contributed by atoms with Crippen LogP contribution < -0.4 is 5.32 Å². The van der Waals surface area contributed by atoms with Crippen molar-refractivity contribution in [2.24, 2.45) is 0 Å². The summed E-state index contributed by atoms with van der Waals surface area (Å²) in [6, 6.07) is 5.73. The fourth-order valence-corrected chi connectivity index (χ4v) is 3.81. The van der Waals surface area contributed by atoms with Crippen LogP contribution in [0.2, 0.25) is 0 Å². The van der Waals surface area contributed by atoms with Gasteiger partial charge in [0.2, 0.25) is 0 Å². The molecule has 2 aliphatic rings. The number of hydrogen-bond acceptors (Lipinski definition) is 6. The molecule has 2 aliphatic heterocycles. The quantitative estimate of drug-likeness (QED) is 0.733. The number of amides is 3. The highest BCUT2D eigenvalue weighted by Gasteiger charge is 2.36. The van der Waals surface area contributed by atoms with Crippen molar-refractivity contribution >= 4 is 23.6 Å². The Morgan fingerprint density at radius 2 is 1.97 bits per heavy atom. The van der Waals surface area contributed by atoms with Crippen LogP contribution in [-0.4, -0.2) is 58.1 Å². The zero-order valence-corrected chi connectivity index (χ0v) is 18.1. The second kappa shape index (κ2) is 7.75. The van der Waals surface area contributed by atoms with E-state index in [4.69, 9.17) is 9.84 Å². The number of nitrogens with zero attached hydrogens (tertiary/aromatic N) is 2. The molecular weight excluding hydrogens is 386 g/mol. The first-order valence-electron chi connectivity index (χ1n) is 9.98. The van der Waals surface area contributed by atoms with Gasteiger partial charge in [0.25, 0.3) is 11.8 Å². The van der Waals surface area contributed by atoms with Gasteiger partial charge < -0.3 is 20.1 Å². The minimum atomic E-state index is -0.576. The van der Waals surface area contributed by atoms with E-state index in [9.17, 15) is 14.4 Å². The van der Waals surface area contributed by atoms with Crippen LogP contribution in [0.1, 0.15) is 45.7 Å². The fraction of sp³-hybridized carbons (Fsp3) is 0.500. The zero-order chi connectivity index (χ0) is 22.3. The molecule has 3 amide bonds. The van der Waals surface area contributed by atoms with E-state index in [1.165, 1.54) is 6.08 Å². The molecule has 0 spiro atoms. The zero-order valence-electron chi connectivity index (χ0n) is 18.1. The van der Waals surface area contributed by atoms with E-state index in [0.717, 1.165) is 16.0 Å². The maximum Gasteiger partial charge on any atom is 0.410 e. The largest absolute Gasteiger partial charge is 0.444 e. The summed E-state index contributed by atoms with van der Waals surface area (Å²) in [5, 5.41) is 12.0. The second-order valence-corrected chi connectivity index (χ2v) is 9.29. The first-order valence-corrected chi connectivity index (χ1v) is 9.98. The lowest BCUT2D eigenvalue weighted by Crippen LogP contribution is -2.46. The Morgan fingerprint density at radius 3 is 2.60 bits per heavy atom. The summed E-state index contributed by atoms with van der Waals surface area (Å²) >= 11 is 0. The average Bonchev–Trinajstić information content (AvgIpc) is 2.87. The third kappa shape index (κ3) is 4.48. The molecule has 30 heavy (non-hydrogen) atoms. The number of rotatable bonds is 4. The van der Waals surface area contributed by atoms with Gasteiger partial charge in [0.15, 0.2) is 0 Å². The van der Waals surface area contributed by atoms with Gasteiger partial charge in [-0.1, -0.05) is 19.9 Å². The van der Waals surface area contributed by atoms with Crippen LogP contribution in [0.4, 0.5) is 10.5 Å². The molecule has 0 bridgehead atoms. The Hall–Kier alpha value is -2.87. The fourth-order valence-electron chi connectivity index (χ4n) is 3.81. The number of benzene rings is 1. The van der Waals surface area contributed by atoms with Crippen LogP contribution in [0, 0.1) is 0 Å². The minimum Gasteiger partial charge on any atom is -0.444 e. The Balaban J connectivity index is 1.82. The highest BCUT2D eigenvalue weighted by atomic mass is 16.6. The molecule has 0 saturated carbocycles. The van der Waals surface area contributed by atoms with Crippen molar-refractivity contribution in [3.8, 4) is 0 Å². The molecule has 8 heteroatoms. The van der Waals surface area contributed by atoms with E-state index in [-0.39, 0.29) is 30.4 Å². The number of nitrogens with one attached hydrogen (secondary N) is 1. The number of carbonyl (C=O) groups excluding carboxylic acids is 3. The van der Waals surface area contributed by atoms with E-state index in [1.807, 2.05) is 39.0 Å². The summed E-state index contributed by atoms with van der Waals surface area (Å²) in [7, 11) is 0. The van der Waals surface area contributed by atoms with Gasteiger partial charge in [-0.05, 0) is 44.0 Å². The molecule has 0 aliphatic carbocycles. The average molecular weight is 415 g/mol. The van der Waals surface area contributed by atoms with Gasteiger partial charge in [0.05, 0.1) is 13.2 Å². The predicted molar refractivity (Wildman–Crippen MR) is 112 cm³/mol. The Bertz CT molecular complexity index is 914. The number of carbonyl (C=O) groups is 3. The summed E-state index contributed by atoms with van der Waals surface area (Å²) in [6.45, 7) is 10.3. The smallest absolute Gasteiger partial charge is 0.410 e. The maximum absolute atomic E-state index is 12.6. The predicted octanol–water partition coefficient (Wildman–Crippen LogP) is 2.37. The van der Waals surface area contributed by atoms with Crippen molar-refractivity contribution in [3.05, 3.63) is 41.1 Å². The third-order valence-corrected chi connectivity index (χ3v) is 5.05. The van der Waals surface area contributed by atoms with Gasteiger partial charge in [0, 0.05) is 30.3 Å². The molecular formula is C22H29N3O5. The molecule has 8 nitrogen and oxygen atoms in total. The summed E-state index contributed by atoms with van der Waals surface area (Å²) in [6.07, 6.45) is 0.868. The van der Waals surface area contributed by atoms with E-state index in [0.29, 0.717) is 18.8 Å². The first-order chi connectivity index (χ1) is 13.9. The molecule has 3 rings (SSSR count). The van der Waals surface area contributed by atoms with Crippen LogP contribution in [0.3, 0.4) is 0 Å². The highest BCUT2D eigenvalue weighted by Crippen LogP contribution is 2.35. The molecule has 1 aromatic rings. The Morgan fingerprint density at radius 1 is 1.27 bits per heavy atom. The molecule has 0 unspecified atom stereocenters. The van der Waals surface area contributed by atoms with Crippen LogP contribution in [0.25, 0.3) is 0 Å². The van der Waals surface area contributed by atoms with E-state index in [2.05, 4.69) is 19.2 Å². The molecule has 1 aromatic carbocycles. The van der Waals surface area contributed by atoms with Crippen molar-refractivity contribution < 1.29 is 24.2 Å². The summed E-state index contributed by atoms with van der Waals surface area (Å²) in [5.74, 6) is -0.922. The number of anilines is 1.